The van der Waals surface area contributed by atoms with Gasteiger partial charge in [-0.15, -0.1) is 0 Å². The van der Waals surface area contributed by atoms with Crippen molar-refractivity contribution in [2.75, 3.05) is 0 Å². The first-order chi connectivity index (χ1) is 34.4. The highest BCUT2D eigenvalue weighted by atomic mass is 16.7. The van der Waals surface area contributed by atoms with Crippen LogP contribution in [0.15, 0.2) is 97.1 Å². The van der Waals surface area contributed by atoms with Crippen molar-refractivity contribution < 1.29 is 96.7 Å². The Morgan fingerprint density at radius 1 is 0.419 bits per heavy atom. The minimum absolute atomic E-state index is 0.151. The molecule has 74 heavy (non-hydrogen) atoms. The van der Waals surface area contributed by atoms with Crippen molar-refractivity contribution in [3.05, 3.63) is 119 Å². The molecular weight excluding hydrogens is 969 g/mol. The first-order valence-electron chi connectivity index (χ1n) is 23.3. The zero-order valence-electron chi connectivity index (χ0n) is 43.2. The van der Waals surface area contributed by atoms with Gasteiger partial charge in [-0.1, -0.05) is 76.2 Å². The third-order valence-electron chi connectivity index (χ3n) is 11.2. The van der Waals surface area contributed by atoms with Crippen molar-refractivity contribution in [1.82, 2.24) is 0 Å². The summed E-state index contributed by atoms with van der Waals surface area (Å²) in [7, 11) is 0. The molecule has 0 radical (unpaired) electrons. The highest BCUT2D eigenvalue weighted by Crippen LogP contribution is 2.35. The molecule has 0 bridgehead atoms. The van der Waals surface area contributed by atoms with Crippen LogP contribution in [0.25, 0.3) is 0 Å². The van der Waals surface area contributed by atoms with Crippen LogP contribution in [0.2, 0.25) is 0 Å². The second-order valence-corrected chi connectivity index (χ2v) is 18.1. The largest absolute Gasteiger partial charge is 0.508 e. The number of hydrogen-bond donors (Lipinski definition) is 4. The SMILES string of the molecule is CC(C)(c1ccc(O)cc1)c1ccc(O)cc1.CC(O)C(=O)OC(C)C(=O)OC(C)C(=O)Oc1ccc(C(C)(C)c2ccc(OC(=O)C(C)OC(=O)C(C)OC(=O)C(C)O)cc2)cc1.CC1OC(=O)C(C)OC1=O. The van der Waals surface area contributed by atoms with Crippen LogP contribution in [0.4, 0.5) is 0 Å². The van der Waals surface area contributed by atoms with E-state index in [1.807, 2.05) is 38.1 Å². The lowest BCUT2D eigenvalue weighted by Gasteiger charge is -2.26. The van der Waals surface area contributed by atoms with E-state index in [-0.39, 0.29) is 28.4 Å². The van der Waals surface area contributed by atoms with Crippen LogP contribution >= 0.6 is 0 Å². The van der Waals surface area contributed by atoms with E-state index >= 15 is 0 Å². The summed E-state index contributed by atoms with van der Waals surface area (Å²) in [6.45, 7) is 18.6. The van der Waals surface area contributed by atoms with Gasteiger partial charge < -0.3 is 58.3 Å². The van der Waals surface area contributed by atoms with Crippen LogP contribution in [0.1, 0.15) is 105 Å². The average Bonchev–Trinajstić information content (AvgIpc) is 3.34. The Labute approximate surface area is 428 Å². The van der Waals surface area contributed by atoms with Gasteiger partial charge in [-0.3, -0.25) is 0 Å². The number of phenolic OH excluding ortho intramolecular Hbond substituents is 2. The Morgan fingerprint density at radius 3 is 0.905 bits per heavy atom. The Kier molecular flexibility index (Phi) is 21.8. The summed E-state index contributed by atoms with van der Waals surface area (Å²) in [5.74, 6) is -5.73. The van der Waals surface area contributed by atoms with E-state index in [1.165, 1.54) is 55.4 Å². The van der Waals surface area contributed by atoms with Crippen LogP contribution in [0.5, 0.6) is 23.0 Å². The number of cyclic esters (lactones) is 2. The zero-order valence-corrected chi connectivity index (χ0v) is 43.2. The monoisotopic (exact) mass is 1030 g/mol. The lowest BCUT2D eigenvalue weighted by Crippen LogP contribution is -2.40. The van der Waals surface area contributed by atoms with Gasteiger partial charge in [-0.05, 0) is 126 Å². The van der Waals surface area contributed by atoms with Crippen molar-refractivity contribution in [2.45, 2.75) is 143 Å². The summed E-state index contributed by atoms with van der Waals surface area (Å²) in [6.07, 6.45) is -9.63. The van der Waals surface area contributed by atoms with Gasteiger partial charge >= 0.3 is 47.8 Å². The Bertz CT molecular complexity index is 2390. The fourth-order valence-electron chi connectivity index (χ4n) is 6.28. The summed E-state index contributed by atoms with van der Waals surface area (Å²) >= 11 is 0. The number of phenols is 2. The van der Waals surface area contributed by atoms with E-state index in [1.54, 1.807) is 72.8 Å². The molecule has 8 atom stereocenters. The fourth-order valence-corrected chi connectivity index (χ4v) is 6.28. The van der Waals surface area contributed by atoms with Gasteiger partial charge in [-0.2, -0.15) is 0 Å². The maximum absolute atomic E-state index is 12.5. The predicted molar refractivity (Wildman–Crippen MR) is 261 cm³/mol. The van der Waals surface area contributed by atoms with Gasteiger partial charge in [0.05, 0.1) is 0 Å². The molecule has 0 amide bonds. The molecule has 20 heteroatoms. The molecular formula is C54H64O20. The van der Waals surface area contributed by atoms with Crippen molar-refractivity contribution in [1.29, 1.82) is 0 Å². The molecule has 1 fully saturated rings. The molecule has 0 aromatic heterocycles. The summed E-state index contributed by atoms with van der Waals surface area (Å²) in [5.41, 5.74) is 3.25. The number of aromatic hydroxyl groups is 2. The molecule has 5 rings (SSSR count). The highest BCUT2D eigenvalue weighted by molar-refractivity contribution is 5.87. The number of hydrogen-bond acceptors (Lipinski definition) is 20. The summed E-state index contributed by atoms with van der Waals surface area (Å²) in [6, 6.07) is 27.7. The molecule has 1 aliphatic rings. The first kappa shape index (κ1) is 60.5. The molecule has 400 valence electrons. The van der Waals surface area contributed by atoms with Crippen LogP contribution in [-0.4, -0.2) is 117 Å². The van der Waals surface area contributed by atoms with E-state index in [4.69, 9.17) is 28.4 Å². The first-order valence-corrected chi connectivity index (χ1v) is 23.3. The molecule has 1 heterocycles. The smallest absolute Gasteiger partial charge is 0.352 e. The third kappa shape index (κ3) is 17.7. The number of ether oxygens (including phenoxy) is 8. The van der Waals surface area contributed by atoms with Gasteiger partial charge in [0.25, 0.3) is 0 Å². The van der Waals surface area contributed by atoms with Gasteiger partial charge in [0, 0.05) is 10.8 Å². The predicted octanol–water partition coefficient (Wildman–Crippen LogP) is 5.60. The number of aliphatic hydroxyl groups excluding tert-OH is 2. The summed E-state index contributed by atoms with van der Waals surface area (Å²) in [4.78, 5) is 93.4. The third-order valence-corrected chi connectivity index (χ3v) is 11.2. The van der Waals surface area contributed by atoms with E-state index < -0.39 is 102 Å². The number of aliphatic hydroxyl groups is 2. The van der Waals surface area contributed by atoms with E-state index in [2.05, 4.69) is 23.3 Å². The summed E-state index contributed by atoms with van der Waals surface area (Å²) in [5, 5.41) is 37.0. The summed E-state index contributed by atoms with van der Waals surface area (Å²) < 4.78 is 39.3. The van der Waals surface area contributed by atoms with E-state index in [0.717, 1.165) is 22.3 Å². The van der Waals surface area contributed by atoms with Gasteiger partial charge in [0.15, 0.2) is 36.6 Å². The molecule has 4 N–H and O–H groups in total. The molecule has 4 aromatic rings. The molecule has 1 aliphatic heterocycles. The Balaban J connectivity index is 0.000000427. The molecule has 4 aromatic carbocycles. The molecule has 8 unspecified atom stereocenters. The van der Waals surface area contributed by atoms with Crippen molar-refractivity contribution >= 4 is 47.8 Å². The minimum Gasteiger partial charge on any atom is -0.508 e. The Morgan fingerprint density at radius 2 is 0.649 bits per heavy atom. The highest BCUT2D eigenvalue weighted by Gasteiger charge is 2.33. The number of carbonyl (C=O) groups is 8. The van der Waals surface area contributed by atoms with Crippen molar-refractivity contribution in [3.8, 4) is 23.0 Å². The van der Waals surface area contributed by atoms with Crippen LogP contribution in [0, 0.1) is 0 Å². The van der Waals surface area contributed by atoms with Crippen LogP contribution < -0.4 is 9.47 Å². The number of carbonyl (C=O) groups excluding carboxylic acids is 8. The van der Waals surface area contributed by atoms with Gasteiger partial charge in [-0.25, -0.2) is 38.4 Å². The van der Waals surface area contributed by atoms with Crippen LogP contribution in [-0.2, 0) is 77.6 Å². The van der Waals surface area contributed by atoms with Crippen molar-refractivity contribution in [2.24, 2.45) is 0 Å². The van der Waals surface area contributed by atoms with Gasteiger partial charge in [0.1, 0.15) is 35.2 Å². The fraction of sp³-hybridized carbons (Fsp3) is 0.407. The zero-order chi connectivity index (χ0) is 55.8. The maximum atomic E-state index is 12.5. The molecule has 0 saturated carbocycles. The average molecular weight is 1030 g/mol. The topological polar surface area (TPSA) is 291 Å². The lowest BCUT2D eigenvalue weighted by atomic mass is 9.78. The van der Waals surface area contributed by atoms with Crippen LogP contribution in [0.3, 0.4) is 0 Å². The molecule has 0 aliphatic carbocycles. The lowest BCUT2D eigenvalue weighted by molar-refractivity contribution is -0.191. The maximum Gasteiger partial charge on any atom is 0.352 e. The van der Waals surface area contributed by atoms with Crippen molar-refractivity contribution in [3.63, 3.8) is 0 Å². The number of esters is 8. The molecule has 1 saturated heterocycles. The second kappa shape index (κ2) is 26.7. The Hall–Kier alpha value is -7.84. The number of benzene rings is 4. The molecule has 0 spiro atoms. The van der Waals surface area contributed by atoms with E-state index in [0.29, 0.717) is 0 Å². The normalized spacial score (nSPS) is 16.6. The van der Waals surface area contributed by atoms with Gasteiger partial charge in [0.2, 0.25) is 0 Å². The second-order valence-electron chi connectivity index (χ2n) is 18.1. The molecule has 20 nitrogen and oxygen atoms in total. The van der Waals surface area contributed by atoms with E-state index in [9.17, 15) is 58.8 Å². The minimum atomic E-state index is -1.42. The quantitative estimate of drug-likeness (QED) is 0.0603. The number of rotatable bonds is 16. The standard InChI is InChI=1S/C33H40O14.C15H16O2.C6H8O4/c1-17(34)27(36)42-19(3)29(38)44-21(5)31(40)46-25-13-9-23(10-14-25)33(7,8)24-11-15-26(16-12-24)47-32(41)22(6)45-30(39)20(4)43-28(37)18(2)35;1-15(2,11-3-7-13(16)8-4-11)12-5-9-14(17)10-6-12;1-3-5(7)10-4(2)6(8)9-3/h9-22,34-35H,1-8H3;3-10,16-17H,1-2H3;3-4H,1-2H3.